The minimum absolute atomic E-state index is 0.0177. The van der Waals surface area contributed by atoms with Crippen LogP contribution in [0.4, 0.5) is 9.18 Å². The summed E-state index contributed by atoms with van der Waals surface area (Å²) in [5.41, 5.74) is -0.624. The van der Waals surface area contributed by atoms with Crippen molar-refractivity contribution in [2.45, 2.75) is 157 Å². The molecule has 12 unspecified atom stereocenters. The number of nitrogens with zero attached hydrogens (tertiary/aromatic N) is 4. The molecule has 296 valence electrons. The Morgan fingerprint density at radius 1 is 1.08 bits per heavy atom. The Labute approximate surface area is 311 Å². The lowest BCUT2D eigenvalue weighted by molar-refractivity contribution is -0.529. The van der Waals surface area contributed by atoms with Crippen LogP contribution in [0.1, 0.15) is 78.6 Å². The van der Waals surface area contributed by atoms with Crippen molar-refractivity contribution < 1.29 is 37.9 Å². The Bertz CT molecular complexity index is 1440. The molecule has 2 amide bonds. The molecule has 0 aromatic rings. The van der Waals surface area contributed by atoms with Crippen LogP contribution in [0.25, 0.3) is 0 Å². The van der Waals surface area contributed by atoms with Gasteiger partial charge in [-0.1, -0.05) is 0 Å². The van der Waals surface area contributed by atoms with E-state index in [0.717, 1.165) is 19.4 Å². The number of nitrogens with one attached hydrogen (secondary N) is 3. The maximum absolute atomic E-state index is 16.3. The number of carbonyl (C=O) groups is 3. The van der Waals surface area contributed by atoms with Gasteiger partial charge in [-0.25, -0.2) is 9.18 Å². The SMILES string of the molecule is CN(C)CCCCNC1C(F)CC2C(=O)C(C(=O)N3CC[C@H](NC(=O)OC(C)(C)C)C3)=CN3C4CC5OC6CC([N+](=O)[O-])CCC6NC5CC4OC1C23. The van der Waals surface area contributed by atoms with Crippen LogP contribution in [0.15, 0.2) is 11.8 Å². The zero-order valence-corrected chi connectivity index (χ0v) is 31.7. The Morgan fingerprint density at radius 3 is 2.58 bits per heavy atom. The van der Waals surface area contributed by atoms with E-state index in [1.807, 2.05) is 14.1 Å². The summed E-state index contributed by atoms with van der Waals surface area (Å²) in [5.74, 6) is -1.55. The number of unbranched alkanes of at least 4 members (excludes halogenated alkanes) is 1. The van der Waals surface area contributed by atoms with Gasteiger partial charge in [-0.05, 0) is 92.9 Å². The molecule has 15 nitrogen and oxygen atoms in total. The first-order valence-corrected chi connectivity index (χ1v) is 19.7. The number of carbonyl (C=O) groups excluding carboxylic acids is 3. The van der Waals surface area contributed by atoms with E-state index in [9.17, 15) is 24.5 Å². The fraction of sp³-hybridized carbons (Fsp3) is 0.865. The Hall–Kier alpha value is -2.92. The van der Waals surface area contributed by atoms with Crippen molar-refractivity contribution in [1.82, 2.24) is 30.7 Å². The number of hydrogen-bond donors (Lipinski definition) is 3. The molecule has 6 fully saturated rings. The van der Waals surface area contributed by atoms with Gasteiger partial charge >= 0.3 is 6.09 Å². The number of ketones is 1. The Morgan fingerprint density at radius 2 is 1.85 bits per heavy atom. The van der Waals surface area contributed by atoms with Crippen molar-refractivity contribution in [3.8, 4) is 0 Å². The third kappa shape index (κ3) is 8.07. The highest BCUT2D eigenvalue weighted by atomic mass is 19.1. The molecule has 4 heterocycles. The maximum atomic E-state index is 16.3. The van der Waals surface area contributed by atoms with Crippen LogP contribution < -0.4 is 16.0 Å². The van der Waals surface area contributed by atoms with Gasteiger partial charge in [0.25, 0.3) is 5.91 Å². The lowest BCUT2D eigenvalue weighted by Gasteiger charge is -2.61. The summed E-state index contributed by atoms with van der Waals surface area (Å²) in [5, 5.41) is 21.7. The molecule has 4 aliphatic heterocycles. The van der Waals surface area contributed by atoms with Gasteiger partial charge in [0, 0.05) is 55.1 Å². The van der Waals surface area contributed by atoms with E-state index in [0.29, 0.717) is 51.6 Å². The summed E-state index contributed by atoms with van der Waals surface area (Å²) >= 11 is 0. The predicted molar refractivity (Wildman–Crippen MR) is 191 cm³/mol. The molecule has 3 aliphatic carbocycles. The van der Waals surface area contributed by atoms with Crippen LogP contribution in [0.5, 0.6) is 0 Å². The van der Waals surface area contributed by atoms with Crippen molar-refractivity contribution in [1.29, 1.82) is 0 Å². The maximum Gasteiger partial charge on any atom is 0.407 e. The molecule has 0 aromatic carbocycles. The third-order valence-electron chi connectivity index (χ3n) is 12.4. The average molecular weight is 748 g/mol. The largest absolute Gasteiger partial charge is 0.444 e. The van der Waals surface area contributed by atoms with Crippen molar-refractivity contribution >= 4 is 17.8 Å². The van der Waals surface area contributed by atoms with E-state index in [1.54, 1.807) is 31.9 Å². The van der Waals surface area contributed by atoms with Crippen molar-refractivity contribution in [2.24, 2.45) is 5.92 Å². The number of alkyl halides is 1. The standard InChI is InChI=1S/C37H58FN7O8/c1-37(2,3)53-36(48)40-20-10-13-43(18-20)35(47)23-19-44-27-17-29-26(41-25-9-8-21(45(49)50)14-28(25)51-29)16-30(27)52-34-31(39-11-6-7-12-42(4)5)24(38)15-22(32(34)44)33(23)46/h19-22,24-32,34,39,41H,6-18H2,1-5H3,(H,40,48)/t20-,21?,22?,24?,25?,26?,27?,28?,29?,30?,31?,32?,34?/m0/s1. The van der Waals surface area contributed by atoms with Crippen LogP contribution >= 0.6 is 0 Å². The molecule has 3 saturated carbocycles. The molecular formula is C37H58FN7O8. The van der Waals surface area contributed by atoms with Crippen LogP contribution in [-0.2, 0) is 23.8 Å². The number of morpholine rings is 2. The summed E-state index contributed by atoms with van der Waals surface area (Å²) in [6.07, 6.45) is 3.43. The molecule has 16 heteroatoms. The molecule has 7 rings (SSSR count). The molecule has 0 spiro atoms. The summed E-state index contributed by atoms with van der Waals surface area (Å²) in [6.45, 7) is 7.50. The van der Waals surface area contributed by atoms with Gasteiger partial charge in [0.1, 0.15) is 11.8 Å². The summed E-state index contributed by atoms with van der Waals surface area (Å²) in [4.78, 5) is 58.2. The molecule has 53 heavy (non-hydrogen) atoms. The molecule has 0 aromatic heterocycles. The Kier molecular flexibility index (Phi) is 11.1. The van der Waals surface area contributed by atoms with Gasteiger partial charge in [0.05, 0.1) is 54.2 Å². The summed E-state index contributed by atoms with van der Waals surface area (Å²) < 4.78 is 35.3. The van der Waals surface area contributed by atoms with E-state index in [-0.39, 0.29) is 71.7 Å². The van der Waals surface area contributed by atoms with Gasteiger partial charge < -0.3 is 44.9 Å². The number of alkyl carbamates (subject to hydrolysis) is 1. The quantitative estimate of drug-likeness (QED) is 0.136. The van der Waals surface area contributed by atoms with Crippen molar-refractivity contribution in [2.75, 3.05) is 40.3 Å². The highest BCUT2D eigenvalue weighted by molar-refractivity contribution is 6.20. The van der Waals surface area contributed by atoms with Gasteiger partial charge in [-0.3, -0.25) is 19.7 Å². The molecule has 0 radical (unpaired) electrons. The zero-order valence-electron chi connectivity index (χ0n) is 31.7. The average Bonchev–Trinajstić information content (AvgIpc) is 3.55. The van der Waals surface area contributed by atoms with Crippen LogP contribution in [0.3, 0.4) is 0 Å². The topological polar surface area (TPSA) is 168 Å². The van der Waals surface area contributed by atoms with Gasteiger partial charge in [-0.2, -0.15) is 0 Å². The molecular weight excluding hydrogens is 689 g/mol. The Balaban J connectivity index is 1.12. The predicted octanol–water partition coefficient (Wildman–Crippen LogP) is 1.76. The minimum Gasteiger partial charge on any atom is -0.444 e. The third-order valence-corrected chi connectivity index (χ3v) is 12.4. The number of nitro groups is 1. The lowest BCUT2D eigenvalue weighted by Crippen LogP contribution is -2.75. The number of rotatable bonds is 9. The molecule has 0 bridgehead atoms. The van der Waals surface area contributed by atoms with E-state index in [2.05, 4.69) is 25.8 Å². The normalized spacial score (nSPS) is 39.3. The smallest absolute Gasteiger partial charge is 0.407 e. The highest BCUT2D eigenvalue weighted by Gasteiger charge is 2.61. The van der Waals surface area contributed by atoms with E-state index < -0.39 is 53.9 Å². The monoisotopic (exact) mass is 747 g/mol. The second-order valence-electron chi connectivity index (χ2n) is 17.6. The number of ether oxygens (including phenoxy) is 3. The number of amides is 2. The summed E-state index contributed by atoms with van der Waals surface area (Å²) in [7, 11) is 4.06. The summed E-state index contributed by atoms with van der Waals surface area (Å²) in [6, 6.07) is -2.25. The van der Waals surface area contributed by atoms with Crippen LogP contribution in [-0.4, -0.2) is 156 Å². The number of likely N-dealkylation sites (tertiary alicyclic amines) is 1. The molecule has 7 aliphatic rings. The second-order valence-corrected chi connectivity index (χ2v) is 17.6. The first-order valence-electron chi connectivity index (χ1n) is 19.7. The fourth-order valence-corrected chi connectivity index (χ4v) is 9.97. The number of halogens is 1. The molecule has 13 atom stereocenters. The fourth-order valence-electron chi connectivity index (χ4n) is 9.97. The molecule has 3 saturated heterocycles. The number of Topliss-reactive ketones (excluding diaryl/α,β-unsaturated/α-hetero) is 1. The van der Waals surface area contributed by atoms with Crippen molar-refractivity contribution in [3.63, 3.8) is 0 Å². The molecule has 3 N–H and O–H groups in total. The number of fused-ring (bicyclic) bond motifs is 4. The highest BCUT2D eigenvalue weighted by Crippen LogP contribution is 2.47. The van der Waals surface area contributed by atoms with E-state index in [1.165, 1.54) is 0 Å². The van der Waals surface area contributed by atoms with Crippen LogP contribution in [0, 0.1) is 16.0 Å². The number of hydrogen-bond acceptors (Lipinski definition) is 12. The minimum atomic E-state index is -1.34. The van der Waals surface area contributed by atoms with E-state index >= 15 is 4.39 Å². The first-order chi connectivity index (χ1) is 25.2. The van der Waals surface area contributed by atoms with E-state index in [4.69, 9.17) is 14.2 Å². The van der Waals surface area contributed by atoms with Crippen molar-refractivity contribution in [3.05, 3.63) is 21.9 Å². The lowest BCUT2D eigenvalue weighted by atomic mass is 9.69. The first kappa shape index (κ1) is 38.4. The van der Waals surface area contributed by atoms with Gasteiger partial charge in [0.15, 0.2) is 5.78 Å². The van der Waals surface area contributed by atoms with Gasteiger partial charge in [-0.15, -0.1) is 0 Å². The second kappa shape index (κ2) is 15.3. The van der Waals surface area contributed by atoms with Gasteiger partial charge in [0.2, 0.25) is 6.04 Å². The zero-order chi connectivity index (χ0) is 37.8. The van der Waals surface area contributed by atoms with Crippen LogP contribution in [0.2, 0.25) is 0 Å².